The number of nitrogens with zero attached hydrogens (tertiary/aromatic N) is 3. The summed E-state index contributed by atoms with van der Waals surface area (Å²) in [7, 11) is 1.95. The van der Waals surface area contributed by atoms with Gasteiger partial charge in [0.05, 0.1) is 18.1 Å². The number of thiophene rings is 1. The van der Waals surface area contributed by atoms with Gasteiger partial charge in [-0.05, 0) is 18.5 Å². The molecule has 1 saturated heterocycles. The molecular weight excluding hydrogens is 248 g/mol. The highest BCUT2D eigenvalue weighted by molar-refractivity contribution is 7.16. The van der Waals surface area contributed by atoms with E-state index in [1.54, 1.807) is 17.7 Å². The largest absolute Gasteiger partial charge is 0.373 e. The molecule has 0 spiro atoms. The van der Waals surface area contributed by atoms with Crippen LogP contribution >= 0.6 is 11.3 Å². The monoisotopic (exact) mass is 264 g/mol. The summed E-state index contributed by atoms with van der Waals surface area (Å²) in [5.41, 5.74) is 0. The Morgan fingerprint density at radius 2 is 2.50 bits per heavy atom. The molecule has 6 heteroatoms. The number of hydrogen-bond donors (Lipinski definition) is 1. The van der Waals surface area contributed by atoms with Crippen molar-refractivity contribution in [1.29, 1.82) is 0 Å². The second-order valence-electron chi connectivity index (χ2n) is 4.33. The standard InChI is InChI=1S/C12H16N4OS/c1-13-6-9-7-16(3-4-17-9)11-10-2-5-18-12(10)15-8-14-11/h2,5,8-9,13H,3-4,6-7H2,1H3. The van der Waals surface area contributed by atoms with E-state index in [9.17, 15) is 0 Å². The van der Waals surface area contributed by atoms with E-state index in [1.807, 2.05) is 7.05 Å². The van der Waals surface area contributed by atoms with E-state index < -0.39 is 0 Å². The van der Waals surface area contributed by atoms with Crippen LogP contribution in [0.3, 0.4) is 0 Å². The lowest BCUT2D eigenvalue weighted by Gasteiger charge is -2.33. The van der Waals surface area contributed by atoms with Gasteiger partial charge in [0.25, 0.3) is 0 Å². The summed E-state index contributed by atoms with van der Waals surface area (Å²) < 4.78 is 5.72. The van der Waals surface area contributed by atoms with Crippen molar-refractivity contribution in [3.63, 3.8) is 0 Å². The number of fused-ring (bicyclic) bond motifs is 1. The Kier molecular flexibility index (Phi) is 3.40. The van der Waals surface area contributed by atoms with E-state index in [0.29, 0.717) is 0 Å². The van der Waals surface area contributed by atoms with Crippen LogP contribution in [0.4, 0.5) is 5.82 Å². The molecule has 0 aliphatic carbocycles. The minimum absolute atomic E-state index is 0.229. The van der Waals surface area contributed by atoms with Crippen LogP contribution in [-0.4, -0.2) is 49.4 Å². The van der Waals surface area contributed by atoms with Crippen LogP contribution in [0.15, 0.2) is 17.8 Å². The number of ether oxygens (including phenoxy) is 1. The number of likely N-dealkylation sites (N-methyl/N-ethyl adjacent to an activating group) is 1. The molecule has 96 valence electrons. The fraction of sp³-hybridized carbons (Fsp3) is 0.500. The third-order valence-corrected chi connectivity index (χ3v) is 3.93. The molecule has 0 radical (unpaired) electrons. The summed E-state index contributed by atoms with van der Waals surface area (Å²) in [6.45, 7) is 3.39. The second kappa shape index (κ2) is 5.17. The molecule has 0 aromatic carbocycles. The van der Waals surface area contributed by atoms with Crippen molar-refractivity contribution in [3.05, 3.63) is 17.8 Å². The predicted molar refractivity (Wildman–Crippen MR) is 73.3 cm³/mol. The summed E-state index contributed by atoms with van der Waals surface area (Å²) in [6.07, 6.45) is 1.88. The first-order valence-electron chi connectivity index (χ1n) is 6.08. The summed E-state index contributed by atoms with van der Waals surface area (Å²) >= 11 is 1.66. The van der Waals surface area contributed by atoms with Crippen molar-refractivity contribution in [2.75, 3.05) is 38.2 Å². The van der Waals surface area contributed by atoms with Gasteiger partial charge in [-0.25, -0.2) is 9.97 Å². The SMILES string of the molecule is CNCC1CN(c2ncnc3sccc23)CCO1. The summed E-state index contributed by atoms with van der Waals surface area (Å²) in [6, 6.07) is 2.10. The Morgan fingerprint density at radius 1 is 1.56 bits per heavy atom. The van der Waals surface area contributed by atoms with E-state index in [-0.39, 0.29) is 6.10 Å². The predicted octanol–water partition coefficient (Wildman–Crippen LogP) is 1.12. The minimum Gasteiger partial charge on any atom is -0.373 e. The van der Waals surface area contributed by atoms with Gasteiger partial charge in [-0.3, -0.25) is 0 Å². The normalized spacial score (nSPS) is 20.5. The van der Waals surface area contributed by atoms with Crippen LogP contribution in [0.25, 0.3) is 10.2 Å². The molecule has 0 bridgehead atoms. The molecule has 2 aromatic heterocycles. The van der Waals surface area contributed by atoms with Crippen molar-refractivity contribution in [3.8, 4) is 0 Å². The van der Waals surface area contributed by atoms with Crippen LogP contribution < -0.4 is 10.2 Å². The van der Waals surface area contributed by atoms with Gasteiger partial charge in [-0.2, -0.15) is 0 Å². The molecule has 18 heavy (non-hydrogen) atoms. The molecule has 3 heterocycles. The summed E-state index contributed by atoms with van der Waals surface area (Å²) in [5.74, 6) is 1.03. The van der Waals surface area contributed by atoms with E-state index in [1.165, 1.54) is 0 Å². The molecular formula is C12H16N4OS. The number of morpholine rings is 1. The number of nitrogens with one attached hydrogen (secondary N) is 1. The van der Waals surface area contributed by atoms with Crippen LogP contribution in [-0.2, 0) is 4.74 Å². The topological polar surface area (TPSA) is 50.3 Å². The van der Waals surface area contributed by atoms with Crippen LogP contribution in [0.1, 0.15) is 0 Å². The molecule has 1 aliphatic rings. The van der Waals surface area contributed by atoms with Crippen molar-refractivity contribution in [1.82, 2.24) is 15.3 Å². The highest BCUT2D eigenvalue weighted by Gasteiger charge is 2.22. The van der Waals surface area contributed by atoms with E-state index in [2.05, 4.69) is 31.6 Å². The first-order chi connectivity index (χ1) is 8.88. The minimum atomic E-state index is 0.229. The van der Waals surface area contributed by atoms with E-state index in [4.69, 9.17) is 4.74 Å². The van der Waals surface area contributed by atoms with Gasteiger partial charge >= 0.3 is 0 Å². The molecule has 3 rings (SSSR count). The molecule has 2 aromatic rings. The smallest absolute Gasteiger partial charge is 0.140 e. The Bertz CT molecular complexity index is 528. The Morgan fingerprint density at radius 3 is 3.39 bits per heavy atom. The maximum absolute atomic E-state index is 5.72. The fourth-order valence-corrected chi connectivity index (χ4v) is 3.02. The van der Waals surface area contributed by atoms with Gasteiger partial charge in [0, 0.05) is 19.6 Å². The molecule has 0 saturated carbocycles. The molecule has 1 N–H and O–H groups in total. The van der Waals surface area contributed by atoms with Crippen molar-refractivity contribution in [2.45, 2.75) is 6.10 Å². The first kappa shape index (κ1) is 11.8. The van der Waals surface area contributed by atoms with Crippen LogP contribution in [0, 0.1) is 0 Å². The lowest BCUT2D eigenvalue weighted by Crippen LogP contribution is -2.46. The van der Waals surface area contributed by atoms with Gasteiger partial charge in [-0.15, -0.1) is 11.3 Å². The maximum atomic E-state index is 5.72. The molecule has 5 nitrogen and oxygen atoms in total. The summed E-state index contributed by atoms with van der Waals surface area (Å²) in [5, 5.41) is 6.37. The number of hydrogen-bond acceptors (Lipinski definition) is 6. The zero-order valence-electron chi connectivity index (χ0n) is 10.3. The third kappa shape index (κ3) is 2.19. The Balaban J connectivity index is 1.87. The number of aromatic nitrogens is 2. The van der Waals surface area contributed by atoms with Gasteiger partial charge in [0.2, 0.25) is 0 Å². The van der Waals surface area contributed by atoms with Gasteiger partial charge in [0.1, 0.15) is 17.0 Å². The summed E-state index contributed by atoms with van der Waals surface area (Å²) in [4.78, 5) is 12.1. The van der Waals surface area contributed by atoms with Crippen molar-refractivity contribution >= 4 is 27.4 Å². The fourth-order valence-electron chi connectivity index (χ4n) is 2.29. The average molecular weight is 264 g/mol. The van der Waals surface area contributed by atoms with E-state index >= 15 is 0 Å². The molecule has 1 unspecified atom stereocenters. The average Bonchev–Trinajstić information content (AvgIpc) is 2.87. The van der Waals surface area contributed by atoms with Crippen LogP contribution in [0.2, 0.25) is 0 Å². The highest BCUT2D eigenvalue weighted by Crippen LogP contribution is 2.27. The molecule has 0 amide bonds. The van der Waals surface area contributed by atoms with Crippen molar-refractivity contribution < 1.29 is 4.74 Å². The molecule has 1 aliphatic heterocycles. The first-order valence-corrected chi connectivity index (χ1v) is 6.96. The lowest BCUT2D eigenvalue weighted by molar-refractivity contribution is 0.0420. The zero-order valence-corrected chi connectivity index (χ0v) is 11.1. The second-order valence-corrected chi connectivity index (χ2v) is 5.23. The Labute approximate surface area is 110 Å². The maximum Gasteiger partial charge on any atom is 0.140 e. The van der Waals surface area contributed by atoms with Gasteiger partial charge < -0.3 is 15.0 Å². The lowest BCUT2D eigenvalue weighted by atomic mass is 10.2. The number of rotatable bonds is 3. The van der Waals surface area contributed by atoms with Gasteiger partial charge in [0.15, 0.2) is 0 Å². The van der Waals surface area contributed by atoms with Crippen molar-refractivity contribution in [2.24, 2.45) is 0 Å². The molecule has 1 atom stereocenters. The van der Waals surface area contributed by atoms with Crippen LogP contribution in [0.5, 0.6) is 0 Å². The highest BCUT2D eigenvalue weighted by atomic mass is 32.1. The molecule has 1 fully saturated rings. The number of anilines is 1. The third-order valence-electron chi connectivity index (χ3n) is 3.11. The quantitative estimate of drug-likeness (QED) is 0.900. The van der Waals surface area contributed by atoms with Gasteiger partial charge in [-0.1, -0.05) is 0 Å². The zero-order chi connectivity index (χ0) is 12.4. The Hall–Kier alpha value is -1.24. The van der Waals surface area contributed by atoms with E-state index in [0.717, 1.165) is 42.3 Å².